The molecule has 0 saturated carbocycles. The van der Waals surface area contributed by atoms with Crippen LogP contribution in [0.25, 0.3) is 0 Å². The predicted molar refractivity (Wildman–Crippen MR) is 80.8 cm³/mol. The number of amides is 1. The number of alkyl halides is 3. The van der Waals surface area contributed by atoms with Crippen LogP contribution in [-0.2, 0) is 9.53 Å². The molecule has 5 nitrogen and oxygen atoms in total. The molecule has 1 amide bonds. The summed E-state index contributed by atoms with van der Waals surface area (Å²) in [6.45, 7) is 1.52. The van der Waals surface area contributed by atoms with E-state index < -0.39 is 24.9 Å². The van der Waals surface area contributed by atoms with E-state index in [0.29, 0.717) is 0 Å². The van der Waals surface area contributed by atoms with Gasteiger partial charge in [-0.3, -0.25) is 4.79 Å². The highest BCUT2D eigenvalue weighted by atomic mass is 19.4. The molecule has 2 N–H and O–H groups in total. The number of carbonyl (C=O) groups is 1. The lowest BCUT2D eigenvalue weighted by Gasteiger charge is -2.35. The van der Waals surface area contributed by atoms with Gasteiger partial charge in [0.2, 0.25) is 5.91 Å². The van der Waals surface area contributed by atoms with Crippen LogP contribution in [0.15, 0.2) is 30.3 Å². The second-order valence-corrected chi connectivity index (χ2v) is 6.20. The van der Waals surface area contributed by atoms with E-state index >= 15 is 0 Å². The van der Waals surface area contributed by atoms with Gasteiger partial charge < -0.3 is 9.64 Å². The van der Waals surface area contributed by atoms with Crippen molar-refractivity contribution in [2.75, 3.05) is 19.7 Å². The smallest absolute Gasteiger partial charge is 0.365 e. The maximum absolute atomic E-state index is 12.8. The Morgan fingerprint density at radius 3 is 2.62 bits per heavy atom. The first kappa shape index (κ1) is 17.2. The molecule has 4 atom stereocenters. The zero-order valence-corrected chi connectivity index (χ0v) is 13.2. The first-order valence-corrected chi connectivity index (χ1v) is 7.91. The maximum atomic E-state index is 12.8. The van der Waals surface area contributed by atoms with Gasteiger partial charge in [0, 0.05) is 12.5 Å². The molecule has 0 radical (unpaired) electrons. The van der Waals surface area contributed by atoms with Gasteiger partial charge in [0.25, 0.3) is 0 Å². The van der Waals surface area contributed by atoms with Crippen LogP contribution in [0.1, 0.15) is 18.5 Å². The topological polar surface area (TPSA) is 53.6 Å². The van der Waals surface area contributed by atoms with Gasteiger partial charge in [0.05, 0.1) is 19.2 Å². The Labute approximate surface area is 138 Å². The molecule has 2 aliphatic rings. The standard InChI is InChI=1S/C16H20F3N3O2/c1-10-13(11-5-3-2-4-6-11)20-21-14(10)15(23)22-7-8-24-12(9-22)16(17,18)19/h2-6,10,12-14,20-21H,7-9H2,1H3. The average molecular weight is 343 g/mol. The fourth-order valence-electron chi connectivity index (χ4n) is 3.21. The number of hydrogen-bond donors (Lipinski definition) is 2. The highest BCUT2D eigenvalue weighted by Gasteiger charge is 2.46. The Hall–Kier alpha value is -1.64. The molecule has 1 aromatic carbocycles. The van der Waals surface area contributed by atoms with Crippen LogP contribution in [0.4, 0.5) is 13.2 Å². The van der Waals surface area contributed by atoms with Crippen molar-refractivity contribution < 1.29 is 22.7 Å². The van der Waals surface area contributed by atoms with E-state index in [1.807, 2.05) is 37.3 Å². The highest BCUT2D eigenvalue weighted by Crippen LogP contribution is 2.30. The number of nitrogens with one attached hydrogen (secondary N) is 2. The number of hydrazine groups is 1. The van der Waals surface area contributed by atoms with Gasteiger partial charge in [0.15, 0.2) is 6.10 Å². The van der Waals surface area contributed by atoms with Crippen LogP contribution < -0.4 is 10.9 Å². The maximum Gasteiger partial charge on any atom is 0.416 e. The van der Waals surface area contributed by atoms with Crippen molar-refractivity contribution in [2.45, 2.75) is 31.3 Å². The number of ether oxygens (including phenoxy) is 1. The molecule has 1 aromatic rings. The predicted octanol–water partition coefficient (Wildman–Crippen LogP) is 1.63. The number of nitrogens with zero attached hydrogens (tertiary/aromatic N) is 1. The summed E-state index contributed by atoms with van der Waals surface area (Å²) >= 11 is 0. The summed E-state index contributed by atoms with van der Waals surface area (Å²) in [7, 11) is 0. The van der Waals surface area contributed by atoms with E-state index in [9.17, 15) is 18.0 Å². The van der Waals surface area contributed by atoms with Gasteiger partial charge in [-0.15, -0.1) is 0 Å². The van der Waals surface area contributed by atoms with Crippen molar-refractivity contribution in [2.24, 2.45) is 5.92 Å². The molecule has 0 spiro atoms. The molecule has 8 heteroatoms. The Balaban J connectivity index is 1.67. The normalized spacial score (nSPS) is 31.2. The summed E-state index contributed by atoms with van der Waals surface area (Å²) in [4.78, 5) is 13.9. The number of benzene rings is 1. The van der Waals surface area contributed by atoms with Crippen LogP contribution in [-0.4, -0.2) is 48.8 Å². The first-order valence-electron chi connectivity index (χ1n) is 7.91. The van der Waals surface area contributed by atoms with Crippen LogP contribution in [0.5, 0.6) is 0 Å². The molecule has 24 heavy (non-hydrogen) atoms. The van der Waals surface area contributed by atoms with E-state index in [4.69, 9.17) is 4.74 Å². The summed E-state index contributed by atoms with van der Waals surface area (Å²) in [5.41, 5.74) is 7.06. The summed E-state index contributed by atoms with van der Waals surface area (Å²) in [5, 5.41) is 0. The number of halogens is 3. The number of morpholine rings is 1. The fraction of sp³-hybridized carbons (Fsp3) is 0.562. The van der Waals surface area contributed by atoms with Crippen molar-refractivity contribution in [3.05, 3.63) is 35.9 Å². The van der Waals surface area contributed by atoms with Gasteiger partial charge in [0.1, 0.15) is 6.04 Å². The van der Waals surface area contributed by atoms with Crippen LogP contribution in [0.3, 0.4) is 0 Å². The third-order valence-electron chi connectivity index (χ3n) is 4.61. The van der Waals surface area contributed by atoms with Crippen molar-refractivity contribution in [1.29, 1.82) is 0 Å². The Morgan fingerprint density at radius 1 is 1.25 bits per heavy atom. The molecule has 3 rings (SSSR count). The fourth-order valence-corrected chi connectivity index (χ4v) is 3.21. The third kappa shape index (κ3) is 3.40. The molecule has 0 aliphatic carbocycles. The number of rotatable bonds is 2. The van der Waals surface area contributed by atoms with E-state index in [-0.39, 0.29) is 31.0 Å². The lowest BCUT2D eigenvalue weighted by molar-refractivity contribution is -0.236. The van der Waals surface area contributed by atoms with Gasteiger partial charge in [-0.25, -0.2) is 10.9 Å². The zero-order chi connectivity index (χ0) is 17.3. The average Bonchev–Trinajstić information content (AvgIpc) is 2.96. The summed E-state index contributed by atoms with van der Waals surface area (Å²) in [6.07, 6.45) is -6.37. The molecular formula is C16H20F3N3O2. The lowest BCUT2D eigenvalue weighted by atomic mass is 9.90. The number of carbonyl (C=O) groups excluding carboxylic acids is 1. The molecule has 0 bridgehead atoms. The van der Waals surface area contributed by atoms with Crippen molar-refractivity contribution in [1.82, 2.24) is 15.8 Å². The lowest BCUT2D eigenvalue weighted by Crippen LogP contribution is -2.56. The van der Waals surface area contributed by atoms with Crippen molar-refractivity contribution >= 4 is 5.91 Å². The molecule has 4 unspecified atom stereocenters. The van der Waals surface area contributed by atoms with Crippen molar-refractivity contribution in [3.8, 4) is 0 Å². The van der Waals surface area contributed by atoms with Gasteiger partial charge in [-0.05, 0) is 5.56 Å². The van der Waals surface area contributed by atoms with Crippen LogP contribution >= 0.6 is 0 Å². The second-order valence-electron chi connectivity index (χ2n) is 6.20. The molecule has 2 aliphatic heterocycles. The van der Waals surface area contributed by atoms with Gasteiger partial charge in [-0.2, -0.15) is 13.2 Å². The summed E-state index contributed by atoms with van der Waals surface area (Å²) in [5.74, 6) is -0.418. The van der Waals surface area contributed by atoms with Crippen LogP contribution in [0, 0.1) is 5.92 Å². The first-order chi connectivity index (χ1) is 11.4. The minimum atomic E-state index is -4.46. The monoisotopic (exact) mass is 343 g/mol. The van der Waals surface area contributed by atoms with Crippen LogP contribution in [0.2, 0.25) is 0 Å². The summed E-state index contributed by atoms with van der Waals surface area (Å²) in [6, 6.07) is 9.00. The SMILES string of the molecule is CC1C(C(=O)N2CCOC(C(F)(F)F)C2)NNC1c1ccccc1. The van der Waals surface area contributed by atoms with E-state index in [1.54, 1.807) is 0 Å². The zero-order valence-electron chi connectivity index (χ0n) is 13.2. The van der Waals surface area contributed by atoms with E-state index in [0.717, 1.165) is 5.56 Å². The molecule has 2 fully saturated rings. The third-order valence-corrected chi connectivity index (χ3v) is 4.61. The minimum absolute atomic E-state index is 0.0698. The largest absolute Gasteiger partial charge is 0.416 e. The molecule has 2 heterocycles. The molecule has 132 valence electrons. The van der Waals surface area contributed by atoms with Crippen molar-refractivity contribution in [3.63, 3.8) is 0 Å². The Morgan fingerprint density at radius 2 is 1.96 bits per heavy atom. The quantitative estimate of drug-likeness (QED) is 0.857. The highest BCUT2D eigenvalue weighted by molar-refractivity contribution is 5.82. The summed E-state index contributed by atoms with van der Waals surface area (Å²) < 4.78 is 43.2. The minimum Gasteiger partial charge on any atom is -0.365 e. The van der Waals surface area contributed by atoms with Gasteiger partial charge >= 0.3 is 6.18 Å². The Bertz CT molecular complexity index is 582. The van der Waals surface area contributed by atoms with E-state index in [1.165, 1.54) is 4.90 Å². The number of hydrogen-bond acceptors (Lipinski definition) is 4. The second kappa shape index (κ2) is 6.70. The molecule has 0 aromatic heterocycles. The Kier molecular flexibility index (Phi) is 4.80. The van der Waals surface area contributed by atoms with E-state index in [2.05, 4.69) is 10.9 Å². The van der Waals surface area contributed by atoms with Gasteiger partial charge in [-0.1, -0.05) is 37.3 Å². The molecular weight excluding hydrogens is 323 g/mol. The molecule has 2 saturated heterocycles.